The van der Waals surface area contributed by atoms with Gasteiger partial charge in [-0.15, -0.1) is 0 Å². The fourth-order valence-corrected chi connectivity index (χ4v) is 0.996. The van der Waals surface area contributed by atoms with Crippen LogP contribution in [0, 0.1) is 0 Å². The molecule has 0 rings (SSSR count). The minimum absolute atomic E-state index is 0.0177. The molecule has 0 spiro atoms. The van der Waals surface area contributed by atoms with Gasteiger partial charge in [-0.1, -0.05) is 0 Å². The van der Waals surface area contributed by atoms with Gasteiger partial charge in [-0.05, 0) is 27.3 Å². The number of carbonyl (C=O) groups excluding carboxylic acids is 2. The second-order valence-electron chi connectivity index (χ2n) is 4.24. The van der Waals surface area contributed by atoms with E-state index in [1.54, 1.807) is 20.9 Å². The summed E-state index contributed by atoms with van der Waals surface area (Å²) in [5.74, 6) is -2.23. The first kappa shape index (κ1) is 15.4. The molecule has 0 heterocycles. The largest absolute Gasteiger partial charge is 0.480 e. The van der Waals surface area contributed by atoms with Gasteiger partial charge in [0.05, 0.1) is 5.54 Å². The molecule has 1 unspecified atom stereocenters. The van der Waals surface area contributed by atoms with Crippen LogP contribution in [-0.4, -0.2) is 41.5 Å². The molecule has 0 aliphatic carbocycles. The Morgan fingerprint density at radius 1 is 1.35 bits per heavy atom. The molecule has 0 aliphatic heterocycles. The number of nitrogens with one attached hydrogen (secondary N) is 2. The standard InChI is InChI=1S/C10H19N3O4/c1-10(2,12-3)9(17)13-6(8(15)16)4-5-7(11)14/h6,12H,4-5H2,1-3H3,(H2,11,14)(H,13,17)(H,15,16). The summed E-state index contributed by atoms with van der Waals surface area (Å²) in [5.41, 5.74) is 4.05. The normalized spacial score (nSPS) is 12.9. The van der Waals surface area contributed by atoms with Gasteiger partial charge < -0.3 is 21.5 Å². The fourth-order valence-electron chi connectivity index (χ4n) is 0.996. The second kappa shape index (κ2) is 6.19. The molecule has 0 aromatic rings. The van der Waals surface area contributed by atoms with Gasteiger partial charge in [-0.2, -0.15) is 0 Å². The molecule has 0 fully saturated rings. The number of amides is 2. The SMILES string of the molecule is CNC(C)(C)C(=O)NC(CCC(N)=O)C(=O)O. The van der Waals surface area contributed by atoms with Crippen molar-refractivity contribution in [1.82, 2.24) is 10.6 Å². The molecular formula is C10H19N3O4. The number of carbonyl (C=O) groups is 3. The molecule has 0 aromatic heterocycles. The molecule has 1 atom stereocenters. The van der Waals surface area contributed by atoms with Crippen LogP contribution < -0.4 is 16.4 Å². The molecule has 98 valence electrons. The molecule has 0 saturated carbocycles. The third kappa shape index (κ3) is 5.30. The Balaban J connectivity index is 4.50. The van der Waals surface area contributed by atoms with Crippen molar-refractivity contribution in [2.24, 2.45) is 5.73 Å². The summed E-state index contributed by atoms with van der Waals surface area (Å²) in [4.78, 5) is 33.1. The molecule has 0 aromatic carbocycles. The number of carboxylic acid groups (broad SMARTS) is 1. The van der Waals surface area contributed by atoms with E-state index in [0.717, 1.165) is 0 Å². The lowest BCUT2D eigenvalue weighted by molar-refractivity contribution is -0.143. The average molecular weight is 245 g/mol. The summed E-state index contributed by atoms with van der Waals surface area (Å²) in [6.07, 6.45) is -0.104. The predicted octanol–water partition coefficient (Wildman–Crippen LogP) is -1.18. The molecule has 5 N–H and O–H groups in total. The van der Waals surface area contributed by atoms with Crippen molar-refractivity contribution in [3.63, 3.8) is 0 Å². The van der Waals surface area contributed by atoms with Gasteiger partial charge in [0.15, 0.2) is 0 Å². The van der Waals surface area contributed by atoms with Crippen molar-refractivity contribution in [2.45, 2.75) is 38.3 Å². The summed E-state index contributed by atoms with van der Waals surface area (Å²) < 4.78 is 0. The van der Waals surface area contributed by atoms with Gasteiger partial charge in [-0.25, -0.2) is 4.79 Å². The first-order valence-corrected chi connectivity index (χ1v) is 5.21. The van der Waals surface area contributed by atoms with Crippen molar-refractivity contribution >= 4 is 17.8 Å². The van der Waals surface area contributed by atoms with E-state index in [1.165, 1.54) is 0 Å². The lowest BCUT2D eigenvalue weighted by atomic mass is 10.0. The minimum Gasteiger partial charge on any atom is -0.480 e. The van der Waals surface area contributed by atoms with Crippen LogP contribution in [0.2, 0.25) is 0 Å². The number of nitrogens with two attached hydrogens (primary N) is 1. The number of hydrogen-bond acceptors (Lipinski definition) is 4. The smallest absolute Gasteiger partial charge is 0.326 e. The Morgan fingerprint density at radius 3 is 2.24 bits per heavy atom. The van der Waals surface area contributed by atoms with E-state index in [9.17, 15) is 14.4 Å². The Bertz CT molecular complexity index is 315. The van der Waals surface area contributed by atoms with Crippen LogP contribution in [0.1, 0.15) is 26.7 Å². The monoisotopic (exact) mass is 245 g/mol. The van der Waals surface area contributed by atoms with Gasteiger partial charge >= 0.3 is 5.97 Å². The van der Waals surface area contributed by atoms with Crippen LogP contribution in [0.4, 0.5) is 0 Å². The van der Waals surface area contributed by atoms with Crippen molar-refractivity contribution in [3.8, 4) is 0 Å². The molecule has 0 saturated heterocycles. The van der Waals surface area contributed by atoms with Crippen LogP contribution >= 0.6 is 0 Å². The minimum atomic E-state index is -1.19. The predicted molar refractivity (Wildman–Crippen MR) is 61.1 cm³/mol. The molecule has 7 nitrogen and oxygen atoms in total. The zero-order chi connectivity index (χ0) is 13.6. The number of primary amides is 1. The lowest BCUT2D eigenvalue weighted by Gasteiger charge is -2.25. The summed E-state index contributed by atoms with van der Waals surface area (Å²) in [5, 5.41) is 14.0. The molecule has 7 heteroatoms. The number of aliphatic carboxylic acids is 1. The van der Waals surface area contributed by atoms with Crippen LogP contribution in [0.5, 0.6) is 0 Å². The van der Waals surface area contributed by atoms with Crippen LogP contribution in [-0.2, 0) is 14.4 Å². The highest BCUT2D eigenvalue weighted by molar-refractivity contribution is 5.89. The van der Waals surface area contributed by atoms with E-state index in [-0.39, 0.29) is 12.8 Å². The van der Waals surface area contributed by atoms with Crippen LogP contribution in [0.25, 0.3) is 0 Å². The Labute approximate surface area is 99.7 Å². The zero-order valence-corrected chi connectivity index (χ0v) is 10.2. The Kier molecular flexibility index (Phi) is 5.60. The topological polar surface area (TPSA) is 122 Å². The fraction of sp³-hybridized carbons (Fsp3) is 0.700. The van der Waals surface area contributed by atoms with E-state index >= 15 is 0 Å². The van der Waals surface area contributed by atoms with Gasteiger partial charge in [0, 0.05) is 6.42 Å². The maximum Gasteiger partial charge on any atom is 0.326 e. The third-order valence-corrected chi connectivity index (χ3v) is 2.48. The van der Waals surface area contributed by atoms with E-state index in [1.807, 2.05) is 0 Å². The molecule has 17 heavy (non-hydrogen) atoms. The van der Waals surface area contributed by atoms with E-state index in [4.69, 9.17) is 10.8 Å². The lowest BCUT2D eigenvalue weighted by Crippen LogP contribution is -2.55. The molecular weight excluding hydrogens is 226 g/mol. The first-order chi connectivity index (χ1) is 7.70. The highest BCUT2D eigenvalue weighted by Gasteiger charge is 2.29. The number of hydrogen-bond donors (Lipinski definition) is 4. The Hall–Kier alpha value is -1.63. The van der Waals surface area contributed by atoms with Crippen molar-refractivity contribution in [1.29, 1.82) is 0 Å². The van der Waals surface area contributed by atoms with Crippen molar-refractivity contribution in [3.05, 3.63) is 0 Å². The number of rotatable bonds is 7. The van der Waals surface area contributed by atoms with E-state index in [0.29, 0.717) is 0 Å². The van der Waals surface area contributed by atoms with Crippen LogP contribution in [0.3, 0.4) is 0 Å². The molecule has 2 amide bonds. The summed E-state index contributed by atoms with van der Waals surface area (Å²) in [6.45, 7) is 3.24. The molecule has 0 radical (unpaired) electrons. The van der Waals surface area contributed by atoms with Gasteiger partial charge in [0.2, 0.25) is 11.8 Å². The first-order valence-electron chi connectivity index (χ1n) is 5.21. The third-order valence-electron chi connectivity index (χ3n) is 2.48. The van der Waals surface area contributed by atoms with Crippen molar-refractivity contribution < 1.29 is 19.5 Å². The summed E-state index contributed by atoms with van der Waals surface area (Å²) in [7, 11) is 1.60. The molecule has 0 bridgehead atoms. The van der Waals surface area contributed by atoms with E-state index < -0.39 is 29.4 Å². The average Bonchev–Trinajstić information content (AvgIpc) is 2.22. The van der Waals surface area contributed by atoms with Crippen LogP contribution in [0.15, 0.2) is 0 Å². The Morgan fingerprint density at radius 2 is 1.88 bits per heavy atom. The van der Waals surface area contributed by atoms with Gasteiger partial charge in [0.25, 0.3) is 0 Å². The number of likely N-dealkylation sites (N-methyl/N-ethyl adjacent to an activating group) is 1. The summed E-state index contributed by atoms with van der Waals surface area (Å²) >= 11 is 0. The molecule has 0 aliphatic rings. The maximum atomic E-state index is 11.7. The maximum absolute atomic E-state index is 11.7. The van der Waals surface area contributed by atoms with Gasteiger partial charge in [-0.3, -0.25) is 9.59 Å². The van der Waals surface area contributed by atoms with Crippen molar-refractivity contribution in [2.75, 3.05) is 7.05 Å². The second-order valence-corrected chi connectivity index (χ2v) is 4.24. The summed E-state index contributed by atoms with van der Waals surface area (Å²) in [6, 6.07) is -1.11. The quantitative estimate of drug-likeness (QED) is 0.450. The highest BCUT2D eigenvalue weighted by atomic mass is 16.4. The van der Waals surface area contributed by atoms with Gasteiger partial charge in [0.1, 0.15) is 6.04 Å². The number of carboxylic acids is 1. The van der Waals surface area contributed by atoms with E-state index in [2.05, 4.69) is 10.6 Å². The zero-order valence-electron chi connectivity index (χ0n) is 10.2. The highest BCUT2D eigenvalue weighted by Crippen LogP contribution is 2.04.